The molecule has 3 heteroatoms. The molecule has 2 N–H and O–H groups in total. The van der Waals surface area contributed by atoms with Crippen molar-refractivity contribution in [1.29, 1.82) is 0 Å². The number of piperazine rings is 1. The minimum atomic E-state index is 0.227. The van der Waals surface area contributed by atoms with Crippen molar-refractivity contribution in [2.24, 2.45) is 5.73 Å². The summed E-state index contributed by atoms with van der Waals surface area (Å²) in [5, 5.41) is 0. The van der Waals surface area contributed by atoms with Crippen molar-refractivity contribution in [1.82, 2.24) is 9.80 Å². The quantitative estimate of drug-likeness (QED) is 0.893. The van der Waals surface area contributed by atoms with E-state index in [9.17, 15) is 0 Å². The van der Waals surface area contributed by atoms with Gasteiger partial charge >= 0.3 is 0 Å². The molecule has 0 spiro atoms. The van der Waals surface area contributed by atoms with Crippen LogP contribution in [-0.2, 0) is 6.42 Å². The third kappa shape index (κ3) is 4.03. The lowest BCUT2D eigenvalue weighted by atomic mass is 10.0. The highest BCUT2D eigenvalue weighted by molar-refractivity contribution is 5.15. The predicted octanol–water partition coefficient (Wildman–Crippen LogP) is 1.58. The predicted molar refractivity (Wildman–Crippen MR) is 81.2 cm³/mol. The maximum atomic E-state index is 6.31. The Labute approximate surface area is 117 Å². The molecule has 0 amide bonds. The number of nitrogens with two attached hydrogens (primary N) is 1. The molecule has 1 saturated heterocycles. The highest BCUT2D eigenvalue weighted by atomic mass is 15.3. The molecule has 2 rings (SSSR count). The van der Waals surface area contributed by atoms with Gasteiger partial charge < -0.3 is 5.73 Å². The Morgan fingerprint density at radius 1 is 1.16 bits per heavy atom. The van der Waals surface area contributed by atoms with Crippen LogP contribution in [0.4, 0.5) is 0 Å². The van der Waals surface area contributed by atoms with Gasteiger partial charge in [-0.3, -0.25) is 9.80 Å². The molecule has 3 nitrogen and oxygen atoms in total. The summed E-state index contributed by atoms with van der Waals surface area (Å²) in [6.45, 7) is 7.85. The summed E-state index contributed by atoms with van der Waals surface area (Å²) < 4.78 is 0. The topological polar surface area (TPSA) is 32.5 Å². The molecule has 106 valence electrons. The van der Waals surface area contributed by atoms with Gasteiger partial charge in [0.1, 0.15) is 0 Å². The van der Waals surface area contributed by atoms with Crippen molar-refractivity contribution in [3.05, 3.63) is 35.9 Å². The summed E-state index contributed by atoms with van der Waals surface area (Å²) in [7, 11) is 2.22. The largest absolute Gasteiger partial charge is 0.326 e. The molecule has 19 heavy (non-hydrogen) atoms. The van der Waals surface area contributed by atoms with Gasteiger partial charge in [-0.15, -0.1) is 0 Å². The van der Waals surface area contributed by atoms with Crippen molar-refractivity contribution in [3.63, 3.8) is 0 Å². The first kappa shape index (κ1) is 14.5. The van der Waals surface area contributed by atoms with Crippen molar-refractivity contribution in [2.75, 3.05) is 26.7 Å². The Kier molecular flexibility index (Phi) is 4.97. The second-order valence-electron chi connectivity index (χ2n) is 6.03. The average Bonchev–Trinajstić information content (AvgIpc) is 2.37. The Hall–Kier alpha value is -0.900. The SMILES string of the molecule is CC1CN(CC(N)Cc2ccccc2)CC(C)N1C. The maximum absolute atomic E-state index is 6.31. The van der Waals surface area contributed by atoms with E-state index in [0.29, 0.717) is 12.1 Å². The van der Waals surface area contributed by atoms with Crippen LogP contribution in [0.1, 0.15) is 19.4 Å². The van der Waals surface area contributed by atoms with Gasteiger partial charge in [0.05, 0.1) is 0 Å². The number of hydrogen-bond donors (Lipinski definition) is 1. The van der Waals surface area contributed by atoms with E-state index in [1.807, 2.05) is 0 Å². The molecule has 0 bridgehead atoms. The maximum Gasteiger partial charge on any atom is 0.0208 e. The summed E-state index contributed by atoms with van der Waals surface area (Å²) in [6.07, 6.45) is 0.968. The molecule has 0 radical (unpaired) electrons. The van der Waals surface area contributed by atoms with Crippen LogP contribution in [0.15, 0.2) is 30.3 Å². The monoisotopic (exact) mass is 261 g/mol. The summed E-state index contributed by atoms with van der Waals surface area (Å²) in [6, 6.07) is 12.0. The molecule has 1 aliphatic heterocycles. The van der Waals surface area contributed by atoms with Gasteiger partial charge in [0.2, 0.25) is 0 Å². The van der Waals surface area contributed by atoms with Crippen LogP contribution < -0.4 is 5.73 Å². The molecule has 1 aromatic rings. The number of rotatable bonds is 4. The van der Waals surface area contributed by atoms with Gasteiger partial charge in [0, 0.05) is 37.8 Å². The van der Waals surface area contributed by atoms with E-state index in [1.165, 1.54) is 5.56 Å². The smallest absolute Gasteiger partial charge is 0.0208 e. The molecular formula is C16H27N3. The first-order valence-corrected chi connectivity index (χ1v) is 7.30. The van der Waals surface area contributed by atoms with Crippen LogP contribution in [0.3, 0.4) is 0 Å². The Balaban J connectivity index is 1.84. The molecule has 0 saturated carbocycles. The second kappa shape index (κ2) is 6.51. The molecule has 0 aliphatic carbocycles. The number of likely N-dealkylation sites (N-methyl/N-ethyl adjacent to an activating group) is 1. The van der Waals surface area contributed by atoms with E-state index < -0.39 is 0 Å². The van der Waals surface area contributed by atoms with Gasteiger partial charge in [-0.25, -0.2) is 0 Å². The highest BCUT2D eigenvalue weighted by Gasteiger charge is 2.27. The van der Waals surface area contributed by atoms with Gasteiger partial charge in [-0.05, 0) is 32.9 Å². The van der Waals surface area contributed by atoms with E-state index in [1.54, 1.807) is 0 Å². The van der Waals surface area contributed by atoms with Crippen molar-refractivity contribution < 1.29 is 0 Å². The average molecular weight is 261 g/mol. The molecule has 0 aromatic heterocycles. The molecule has 3 atom stereocenters. The molecule has 1 aromatic carbocycles. The fourth-order valence-electron chi connectivity index (χ4n) is 2.98. The van der Waals surface area contributed by atoms with E-state index in [-0.39, 0.29) is 6.04 Å². The van der Waals surface area contributed by atoms with Crippen LogP contribution in [-0.4, -0.2) is 54.6 Å². The first-order valence-electron chi connectivity index (χ1n) is 7.30. The van der Waals surface area contributed by atoms with Crippen LogP contribution in [0, 0.1) is 0 Å². The van der Waals surface area contributed by atoms with Crippen molar-refractivity contribution >= 4 is 0 Å². The fourth-order valence-corrected chi connectivity index (χ4v) is 2.98. The van der Waals surface area contributed by atoms with Gasteiger partial charge in [-0.2, -0.15) is 0 Å². The summed E-state index contributed by atoms with van der Waals surface area (Å²) in [5.41, 5.74) is 7.65. The number of nitrogens with zero attached hydrogens (tertiary/aromatic N) is 2. The van der Waals surface area contributed by atoms with Gasteiger partial charge in [0.15, 0.2) is 0 Å². The lowest BCUT2D eigenvalue weighted by molar-refractivity contribution is 0.0567. The lowest BCUT2D eigenvalue weighted by Gasteiger charge is -2.43. The Bertz CT molecular complexity index is 367. The van der Waals surface area contributed by atoms with Gasteiger partial charge in [0.25, 0.3) is 0 Å². The van der Waals surface area contributed by atoms with E-state index in [2.05, 4.69) is 61.0 Å². The summed E-state index contributed by atoms with van der Waals surface area (Å²) in [5.74, 6) is 0. The normalized spacial score (nSPS) is 27.4. The number of hydrogen-bond acceptors (Lipinski definition) is 3. The second-order valence-corrected chi connectivity index (χ2v) is 6.03. The van der Waals surface area contributed by atoms with Crippen molar-refractivity contribution in [2.45, 2.75) is 38.4 Å². The zero-order valence-electron chi connectivity index (χ0n) is 12.4. The summed E-state index contributed by atoms with van der Waals surface area (Å²) >= 11 is 0. The van der Waals surface area contributed by atoms with Crippen LogP contribution in [0.2, 0.25) is 0 Å². The summed E-state index contributed by atoms with van der Waals surface area (Å²) in [4.78, 5) is 4.97. The minimum Gasteiger partial charge on any atom is -0.326 e. The minimum absolute atomic E-state index is 0.227. The zero-order valence-corrected chi connectivity index (χ0v) is 12.4. The molecule has 1 aliphatic rings. The van der Waals surface area contributed by atoms with Crippen LogP contribution in [0.25, 0.3) is 0 Å². The first-order chi connectivity index (χ1) is 9.06. The van der Waals surface area contributed by atoms with E-state index in [0.717, 1.165) is 26.1 Å². The van der Waals surface area contributed by atoms with E-state index >= 15 is 0 Å². The lowest BCUT2D eigenvalue weighted by Crippen LogP contribution is -2.57. The Morgan fingerprint density at radius 2 is 1.74 bits per heavy atom. The van der Waals surface area contributed by atoms with E-state index in [4.69, 9.17) is 5.73 Å². The third-order valence-electron chi connectivity index (χ3n) is 4.27. The highest BCUT2D eigenvalue weighted by Crippen LogP contribution is 2.14. The number of benzene rings is 1. The molecule has 1 fully saturated rings. The Morgan fingerprint density at radius 3 is 2.32 bits per heavy atom. The van der Waals surface area contributed by atoms with Crippen molar-refractivity contribution in [3.8, 4) is 0 Å². The zero-order chi connectivity index (χ0) is 13.8. The molecule has 3 unspecified atom stereocenters. The van der Waals surface area contributed by atoms with Crippen LogP contribution in [0.5, 0.6) is 0 Å². The third-order valence-corrected chi connectivity index (χ3v) is 4.27. The van der Waals surface area contributed by atoms with Gasteiger partial charge in [-0.1, -0.05) is 30.3 Å². The standard InChI is InChI=1S/C16H27N3/c1-13-10-19(11-14(2)18(13)3)12-16(17)9-15-7-5-4-6-8-15/h4-8,13-14,16H,9-12,17H2,1-3H3. The molecular weight excluding hydrogens is 234 g/mol. The van der Waals surface area contributed by atoms with Crippen LogP contribution >= 0.6 is 0 Å². The fraction of sp³-hybridized carbons (Fsp3) is 0.625. The molecule has 1 heterocycles.